The molecule has 3 nitrogen and oxygen atoms in total. The first kappa shape index (κ1) is 15.3. The SMILES string of the molecule is Cc1ccc(OCC(O)CNC2CC2)c(C)c1.Cl. The van der Waals surface area contributed by atoms with Crippen LogP contribution in [0.25, 0.3) is 0 Å². The van der Waals surface area contributed by atoms with Gasteiger partial charge in [0.1, 0.15) is 18.5 Å². The highest BCUT2D eigenvalue weighted by atomic mass is 35.5. The summed E-state index contributed by atoms with van der Waals surface area (Å²) in [5.41, 5.74) is 2.35. The van der Waals surface area contributed by atoms with Crippen molar-refractivity contribution < 1.29 is 9.84 Å². The van der Waals surface area contributed by atoms with E-state index >= 15 is 0 Å². The Morgan fingerprint density at radius 2 is 2.11 bits per heavy atom. The van der Waals surface area contributed by atoms with E-state index in [2.05, 4.69) is 18.3 Å². The molecule has 1 fully saturated rings. The first-order chi connectivity index (χ1) is 8.15. The quantitative estimate of drug-likeness (QED) is 0.834. The second-order valence-electron chi connectivity index (χ2n) is 4.92. The third-order valence-electron chi connectivity index (χ3n) is 2.98. The molecular formula is C14H22ClNO2. The molecule has 1 aliphatic rings. The van der Waals surface area contributed by atoms with Gasteiger partial charge < -0.3 is 15.2 Å². The Kier molecular flexibility index (Phi) is 5.93. The van der Waals surface area contributed by atoms with Crippen molar-refractivity contribution in [2.45, 2.75) is 38.8 Å². The summed E-state index contributed by atoms with van der Waals surface area (Å²) >= 11 is 0. The fraction of sp³-hybridized carbons (Fsp3) is 0.571. The van der Waals surface area contributed by atoms with Gasteiger partial charge in [0.15, 0.2) is 0 Å². The van der Waals surface area contributed by atoms with Crippen molar-refractivity contribution in [2.75, 3.05) is 13.2 Å². The standard InChI is InChI=1S/C14H21NO2.ClH/c1-10-3-6-14(11(2)7-10)17-9-13(16)8-15-12-4-5-12;/h3,6-7,12-13,15-16H,4-5,8-9H2,1-2H3;1H. The van der Waals surface area contributed by atoms with Crippen LogP contribution in [0, 0.1) is 13.8 Å². The normalized spacial score (nSPS) is 15.9. The molecule has 0 radical (unpaired) electrons. The summed E-state index contributed by atoms with van der Waals surface area (Å²) in [6.07, 6.45) is 2.05. The van der Waals surface area contributed by atoms with E-state index in [1.54, 1.807) is 0 Å². The molecule has 0 heterocycles. The predicted molar refractivity (Wildman–Crippen MR) is 75.7 cm³/mol. The third kappa shape index (κ3) is 4.84. The summed E-state index contributed by atoms with van der Waals surface area (Å²) in [5, 5.41) is 13.0. The number of benzene rings is 1. The van der Waals surface area contributed by atoms with Crippen LogP contribution >= 0.6 is 12.4 Å². The van der Waals surface area contributed by atoms with Crippen molar-refractivity contribution in [3.05, 3.63) is 29.3 Å². The molecule has 4 heteroatoms. The lowest BCUT2D eigenvalue weighted by atomic mass is 10.1. The first-order valence-electron chi connectivity index (χ1n) is 6.26. The van der Waals surface area contributed by atoms with Crippen LogP contribution in [-0.2, 0) is 0 Å². The Labute approximate surface area is 115 Å². The van der Waals surface area contributed by atoms with Gasteiger partial charge in [0, 0.05) is 12.6 Å². The molecule has 0 saturated heterocycles. The van der Waals surface area contributed by atoms with E-state index in [-0.39, 0.29) is 12.4 Å². The molecule has 1 atom stereocenters. The van der Waals surface area contributed by atoms with E-state index in [0.717, 1.165) is 11.3 Å². The van der Waals surface area contributed by atoms with Crippen molar-refractivity contribution in [1.29, 1.82) is 0 Å². The van der Waals surface area contributed by atoms with Gasteiger partial charge in [0.2, 0.25) is 0 Å². The lowest BCUT2D eigenvalue weighted by Gasteiger charge is -2.14. The molecule has 18 heavy (non-hydrogen) atoms. The van der Waals surface area contributed by atoms with E-state index in [1.807, 2.05) is 19.1 Å². The zero-order chi connectivity index (χ0) is 12.3. The minimum Gasteiger partial charge on any atom is -0.491 e. The van der Waals surface area contributed by atoms with Crippen LogP contribution in [0.15, 0.2) is 18.2 Å². The average molecular weight is 272 g/mol. The summed E-state index contributed by atoms with van der Waals surface area (Å²) in [4.78, 5) is 0. The lowest BCUT2D eigenvalue weighted by molar-refractivity contribution is 0.106. The maximum Gasteiger partial charge on any atom is 0.122 e. The predicted octanol–water partition coefficient (Wildman–Crippen LogP) is 2.22. The molecule has 1 saturated carbocycles. The van der Waals surface area contributed by atoms with Gasteiger partial charge in [-0.1, -0.05) is 17.7 Å². The minimum absolute atomic E-state index is 0. The smallest absolute Gasteiger partial charge is 0.122 e. The van der Waals surface area contributed by atoms with Crippen LogP contribution in [-0.4, -0.2) is 30.4 Å². The molecule has 0 amide bonds. The highest BCUT2D eigenvalue weighted by Crippen LogP contribution is 2.19. The van der Waals surface area contributed by atoms with Crippen LogP contribution in [0.2, 0.25) is 0 Å². The molecule has 0 spiro atoms. The summed E-state index contributed by atoms with van der Waals surface area (Å²) in [6.45, 7) is 5.06. The Balaban J connectivity index is 0.00000162. The molecular weight excluding hydrogens is 250 g/mol. The lowest BCUT2D eigenvalue weighted by Crippen LogP contribution is -2.32. The molecule has 1 unspecified atom stereocenters. The summed E-state index contributed by atoms with van der Waals surface area (Å²) in [5.74, 6) is 0.862. The highest BCUT2D eigenvalue weighted by molar-refractivity contribution is 5.85. The summed E-state index contributed by atoms with van der Waals surface area (Å²) in [6, 6.07) is 6.71. The van der Waals surface area contributed by atoms with Crippen LogP contribution in [0.1, 0.15) is 24.0 Å². The maximum atomic E-state index is 9.75. The average Bonchev–Trinajstić information content (AvgIpc) is 3.09. The van der Waals surface area contributed by atoms with Crippen LogP contribution in [0.5, 0.6) is 5.75 Å². The zero-order valence-electron chi connectivity index (χ0n) is 11.0. The Hall–Kier alpha value is -0.770. The molecule has 1 aromatic carbocycles. The Bertz CT molecular complexity index is 380. The van der Waals surface area contributed by atoms with Gasteiger partial charge in [-0.3, -0.25) is 0 Å². The van der Waals surface area contributed by atoms with E-state index in [4.69, 9.17) is 4.74 Å². The van der Waals surface area contributed by atoms with E-state index in [9.17, 15) is 5.11 Å². The summed E-state index contributed by atoms with van der Waals surface area (Å²) < 4.78 is 5.62. The van der Waals surface area contributed by atoms with Crippen LogP contribution in [0.3, 0.4) is 0 Å². The third-order valence-corrected chi connectivity index (χ3v) is 2.98. The van der Waals surface area contributed by atoms with Gasteiger partial charge in [0.05, 0.1) is 0 Å². The number of hydrogen-bond acceptors (Lipinski definition) is 3. The van der Waals surface area contributed by atoms with E-state index < -0.39 is 6.10 Å². The zero-order valence-corrected chi connectivity index (χ0v) is 11.8. The number of nitrogens with one attached hydrogen (secondary N) is 1. The molecule has 2 rings (SSSR count). The molecule has 0 bridgehead atoms. The van der Waals surface area contributed by atoms with Crippen LogP contribution < -0.4 is 10.1 Å². The second kappa shape index (κ2) is 6.98. The van der Waals surface area contributed by atoms with E-state index in [1.165, 1.54) is 18.4 Å². The number of ether oxygens (including phenoxy) is 1. The summed E-state index contributed by atoms with van der Waals surface area (Å²) in [7, 11) is 0. The molecule has 0 aromatic heterocycles. The van der Waals surface area contributed by atoms with Gasteiger partial charge >= 0.3 is 0 Å². The number of aryl methyl sites for hydroxylation is 2. The van der Waals surface area contributed by atoms with Crippen molar-refractivity contribution in [3.63, 3.8) is 0 Å². The number of rotatable bonds is 6. The van der Waals surface area contributed by atoms with Gasteiger partial charge in [0.25, 0.3) is 0 Å². The molecule has 0 aliphatic heterocycles. The van der Waals surface area contributed by atoms with E-state index in [0.29, 0.717) is 19.2 Å². The van der Waals surface area contributed by atoms with Gasteiger partial charge in [-0.05, 0) is 38.3 Å². The molecule has 1 aromatic rings. The van der Waals surface area contributed by atoms with Crippen molar-refractivity contribution in [1.82, 2.24) is 5.32 Å². The molecule has 102 valence electrons. The highest BCUT2D eigenvalue weighted by Gasteiger charge is 2.21. The van der Waals surface area contributed by atoms with Gasteiger partial charge in [-0.2, -0.15) is 0 Å². The fourth-order valence-electron chi connectivity index (χ4n) is 1.80. The Morgan fingerprint density at radius 3 is 2.72 bits per heavy atom. The minimum atomic E-state index is -0.434. The molecule has 2 N–H and O–H groups in total. The number of hydrogen-bond donors (Lipinski definition) is 2. The largest absolute Gasteiger partial charge is 0.491 e. The first-order valence-corrected chi connectivity index (χ1v) is 6.26. The van der Waals surface area contributed by atoms with Crippen molar-refractivity contribution in [2.24, 2.45) is 0 Å². The Morgan fingerprint density at radius 1 is 1.39 bits per heavy atom. The second-order valence-corrected chi connectivity index (χ2v) is 4.92. The van der Waals surface area contributed by atoms with Gasteiger partial charge in [-0.15, -0.1) is 12.4 Å². The monoisotopic (exact) mass is 271 g/mol. The maximum absolute atomic E-state index is 9.75. The molecule has 1 aliphatic carbocycles. The fourth-order valence-corrected chi connectivity index (χ4v) is 1.80. The number of aliphatic hydroxyl groups is 1. The topological polar surface area (TPSA) is 41.5 Å². The van der Waals surface area contributed by atoms with Crippen LogP contribution in [0.4, 0.5) is 0 Å². The van der Waals surface area contributed by atoms with Crippen molar-refractivity contribution in [3.8, 4) is 5.75 Å². The van der Waals surface area contributed by atoms with Gasteiger partial charge in [-0.25, -0.2) is 0 Å². The number of aliphatic hydroxyl groups excluding tert-OH is 1. The number of halogens is 1. The van der Waals surface area contributed by atoms with Crippen molar-refractivity contribution >= 4 is 12.4 Å².